The van der Waals surface area contributed by atoms with Gasteiger partial charge in [-0.25, -0.2) is 8.78 Å². The molecule has 2 aromatic carbocycles. The minimum atomic E-state index is -4.83. The largest absolute Gasteiger partial charge is 0.416 e. The molecule has 0 heterocycles. The zero-order valence-electron chi connectivity index (χ0n) is 10.5. The SMILES string of the molecule is Fc1ccc(C(F)(F)F)cc1-c1cc(C(F)(F)F)ccc1F. The van der Waals surface area contributed by atoms with Gasteiger partial charge in [-0.3, -0.25) is 0 Å². The highest BCUT2D eigenvalue weighted by atomic mass is 19.4. The number of alkyl halides is 6. The van der Waals surface area contributed by atoms with Gasteiger partial charge in [-0.1, -0.05) is 0 Å². The smallest absolute Gasteiger partial charge is 0.206 e. The fourth-order valence-corrected chi connectivity index (χ4v) is 1.82. The van der Waals surface area contributed by atoms with Crippen molar-refractivity contribution in [2.75, 3.05) is 0 Å². The third-order valence-corrected chi connectivity index (χ3v) is 2.88. The topological polar surface area (TPSA) is 0 Å². The maximum Gasteiger partial charge on any atom is 0.416 e. The molecular weight excluding hydrogens is 320 g/mol. The lowest BCUT2D eigenvalue weighted by atomic mass is 9.99. The number of benzene rings is 2. The van der Waals surface area contributed by atoms with Crippen LogP contribution in [-0.2, 0) is 12.4 Å². The minimum Gasteiger partial charge on any atom is -0.206 e. The summed E-state index contributed by atoms with van der Waals surface area (Å²) in [6.45, 7) is 0. The summed E-state index contributed by atoms with van der Waals surface area (Å²) in [6, 6.07) is 2.24. The average molecular weight is 326 g/mol. The third-order valence-electron chi connectivity index (χ3n) is 2.88. The van der Waals surface area contributed by atoms with E-state index < -0.39 is 46.2 Å². The van der Waals surface area contributed by atoms with Crippen LogP contribution in [0.15, 0.2) is 36.4 Å². The van der Waals surface area contributed by atoms with E-state index in [1.807, 2.05) is 0 Å². The highest BCUT2D eigenvalue weighted by Gasteiger charge is 2.33. The van der Waals surface area contributed by atoms with Gasteiger partial charge in [-0.2, -0.15) is 26.3 Å². The lowest BCUT2D eigenvalue weighted by Crippen LogP contribution is -2.07. The summed E-state index contributed by atoms with van der Waals surface area (Å²) < 4.78 is 103. The molecule has 0 bridgehead atoms. The predicted molar refractivity (Wildman–Crippen MR) is 61.8 cm³/mol. The first-order valence-electron chi connectivity index (χ1n) is 5.74. The Morgan fingerprint density at radius 1 is 0.545 bits per heavy atom. The average Bonchev–Trinajstić information content (AvgIpc) is 2.37. The first kappa shape index (κ1) is 16.3. The van der Waals surface area contributed by atoms with Crippen LogP contribution in [0, 0.1) is 11.6 Å². The summed E-state index contributed by atoms with van der Waals surface area (Å²) in [5.74, 6) is -2.52. The Hall–Kier alpha value is -2.12. The summed E-state index contributed by atoms with van der Waals surface area (Å²) in [5.41, 5.74) is -4.36. The van der Waals surface area contributed by atoms with Crippen molar-refractivity contribution in [3.63, 3.8) is 0 Å². The van der Waals surface area contributed by atoms with Crippen molar-refractivity contribution in [3.05, 3.63) is 59.2 Å². The standard InChI is InChI=1S/C14H6F8/c15-11-3-1-7(13(17,18)19)5-9(11)10-6-8(14(20,21)22)2-4-12(10)16/h1-6H. The molecule has 0 unspecified atom stereocenters. The highest BCUT2D eigenvalue weighted by molar-refractivity contribution is 5.67. The highest BCUT2D eigenvalue weighted by Crippen LogP contribution is 2.37. The van der Waals surface area contributed by atoms with Crippen molar-refractivity contribution in [3.8, 4) is 11.1 Å². The van der Waals surface area contributed by atoms with Gasteiger partial charge in [0.15, 0.2) is 0 Å². The first-order chi connectivity index (χ1) is 10.00. The van der Waals surface area contributed by atoms with Gasteiger partial charge in [0, 0.05) is 11.1 Å². The summed E-state index contributed by atoms with van der Waals surface area (Å²) in [6.07, 6.45) is -9.67. The molecule has 0 atom stereocenters. The molecule has 0 aliphatic heterocycles. The molecule has 0 aromatic heterocycles. The summed E-state index contributed by atoms with van der Waals surface area (Å²) in [7, 11) is 0. The van der Waals surface area contributed by atoms with E-state index in [1.165, 1.54) is 0 Å². The van der Waals surface area contributed by atoms with Gasteiger partial charge in [0.05, 0.1) is 11.1 Å². The molecule has 0 radical (unpaired) electrons. The number of halogens is 8. The Balaban J connectivity index is 2.66. The van der Waals surface area contributed by atoms with E-state index in [0.29, 0.717) is 24.3 Å². The van der Waals surface area contributed by atoms with Crippen LogP contribution >= 0.6 is 0 Å². The maximum absolute atomic E-state index is 13.6. The molecule has 0 saturated carbocycles. The lowest BCUT2D eigenvalue weighted by Gasteiger charge is -2.13. The van der Waals surface area contributed by atoms with Crippen molar-refractivity contribution in [1.29, 1.82) is 0 Å². The van der Waals surface area contributed by atoms with Crippen LogP contribution in [0.3, 0.4) is 0 Å². The van der Waals surface area contributed by atoms with Crippen LogP contribution in [0.5, 0.6) is 0 Å². The lowest BCUT2D eigenvalue weighted by molar-refractivity contribution is -0.138. The fraction of sp³-hybridized carbons (Fsp3) is 0.143. The van der Waals surface area contributed by atoms with Crippen LogP contribution < -0.4 is 0 Å². The molecule has 0 N–H and O–H groups in total. The number of rotatable bonds is 1. The van der Waals surface area contributed by atoms with E-state index in [-0.39, 0.29) is 12.1 Å². The molecule has 22 heavy (non-hydrogen) atoms. The van der Waals surface area contributed by atoms with E-state index >= 15 is 0 Å². The molecule has 0 saturated heterocycles. The summed E-state index contributed by atoms with van der Waals surface area (Å²) >= 11 is 0. The molecule has 0 aliphatic rings. The molecule has 2 rings (SSSR count). The Morgan fingerprint density at radius 3 is 1.14 bits per heavy atom. The second-order valence-corrected chi connectivity index (χ2v) is 4.38. The minimum absolute atomic E-state index is 0.272. The monoisotopic (exact) mass is 326 g/mol. The van der Waals surface area contributed by atoms with Gasteiger partial charge in [0.25, 0.3) is 0 Å². The Morgan fingerprint density at radius 2 is 0.864 bits per heavy atom. The van der Waals surface area contributed by atoms with Gasteiger partial charge < -0.3 is 0 Å². The normalized spacial score (nSPS) is 12.5. The molecule has 0 nitrogen and oxygen atoms in total. The van der Waals surface area contributed by atoms with Gasteiger partial charge >= 0.3 is 12.4 Å². The van der Waals surface area contributed by atoms with Crippen LogP contribution in [0.2, 0.25) is 0 Å². The molecule has 8 heteroatoms. The van der Waals surface area contributed by atoms with Crippen LogP contribution in [0.25, 0.3) is 11.1 Å². The molecule has 0 amide bonds. The fourth-order valence-electron chi connectivity index (χ4n) is 1.82. The summed E-state index contributed by atoms with van der Waals surface area (Å²) in [4.78, 5) is 0. The molecular formula is C14H6F8. The van der Waals surface area contributed by atoms with Crippen LogP contribution in [0.1, 0.15) is 11.1 Å². The quantitative estimate of drug-likeness (QED) is 0.592. The van der Waals surface area contributed by atoms with Crippen LogP contribution in [-0.4, -0.2) is 0 Å². The van der Waals surface area contributed by atoms with Crippen molar-refractivity contribution in [2.45, 2.75) is 12.4 Å². The van der Waals surface area contributed by atoms with Crippen molar-refractivity contribution >= 4 is 0 Å². The second-order valence-electron chi connectivity index (χ2n) is 4.38. The van der Waals surface area contributed by atoms with Gasteiger partial charge in [-0.15, -0.1) is 0 Å². The zero-order valence-corrected chi connectivity index (χ0v) is 10.5. The van der Waals surface area contributed by atoms with Gasteiger partial charge in [0.1, 0.15) is 11.6 Å². The molecule has 118 valence electrons. The van der Waals surface area contributed by atoms with Gasteiger partial charge in [0.2, 0.25) is 0 Å². The Bertz CT molecular complexity index is 635. The van der Waals surface area contributed by atoms with E-state index in [1.54, 1.807) is 0 Å². The predicted octanol–water partition coefficient (Wildman–Crippen LogP) is 5.67. The Kier molecular flexibility index (Phi) is 3.88. The first-order valence-corrected chi connectivity index (χ1v) is 5.74. The molecule has 0 aliphatic carbocycles. The molecule has 2 aromatic rings. The van der Waals surface area contributed by atoms with Crippen molar-refractivity contribution < 1.29 is 35.1 Å². The summed E-state index contributed by atoms with van der Waals surface area (Å²) in [5, 5.41) is 0. The van der Waals surface area contributed by atoms with Crippen LogP contribution in [0.4, 0.5) is 35.1 Å². The molecule has 0 fully saturated rings. The van der Waals surface area contributed by atoms with E-state index in [0.717, 1.165) is 0 Å². The molecule has 0 spiro atoms. The Labute approximate surface area is 119 Å². The number of hydrogen-bond acceptors (Lipinski definition) is 0. The van der Waals surface area contributed by atoms with E-state index in [4.69, 9.17) is 0 Å². The third kappa shape index (κ3) is 3.20. The van der Waals surface area contributed by atoms with E-state index in [2.05, 4.69) is 0 Å². The second kappa shape index (κ2) is 5.26. The zero-order chi connectivity index (χ0) is 16.7. The van der Waals surface area contributed by atoms with Gasteiger partial charge in [-0.05, 0) is 36.4 Å². The van der Waals surface area contributed by atoms with Crippen molar-refractivity contribution in [1.82, 2.24) is 0 Å². The van der Waals surface area contributed by atoms with Crippen molar-refractivity contribution in [2.24, 2.45) is 0 Å². The maximum atomic E-state index is 13.6. The number of hydrogen-bond donors (Lipinski definition) is 0. The van der Waals surface area contributed by atoms with E-state index in [9.17, 15) is 35.1 Å².